The molecule has 0 saturated carbocycles. The number of methoxy groups -OCH3 is 1. The van der Waals surface area contributed by atoms with Gasteiger partial charge in [0.05, 0.1) is 12.0 Å². The van der Waals surface area contributed by atoms with E-state index in [-0.39, 0.29) is 16.9 Å². The molecule has 1 aromatic heterocycles. The second-order valence-corrected chi connectivity index (χ2v) is 9.52. The van der Waals surface area contributed by atoms with Crippen LogP contribution in [0.5, 0.6) is 5.75 Å². The Balaban J connectivity index is 1.60. The summed E-state index contributed by atoms with van der Waals surface area (Å²) in [6.07, 6.45) is 0.405. The summed E-state index contributed by atoms with van der Waals surface area (Å²) < 4.78 is 32.8. The highest BCUT2D eigenvalue weighted by atomic mass is 32.2. The molecule has 2 N–H and O–H groups in total. The topological polar surface area (TPSA) is 97.0 Å². The van der Waals surface area contributed by atoms with Crippen molar-refractivity contribution in [2.24, 2.45) is 0 Å². The Bertz CT molecular complexity index is 1050. The highest BCUT2D eigenvalue weighted by molar-refractivity contribution is 7.89. The molecule has 8 heteroatoms. The van der Waals surface area contributed by atoms with Crippen molar-refractivity contribution in [1.82, 2.24) is 19.9 Å². The van der Waals surface area contributed by atoms with Crippen LogP contribution in [0, 0.1) is 0 Å². The number of hydrogen-bond acceptors (Lipinski definition) is 5. The van der Waals surface area contributed by atoms with E-state index in [1.807, 2.05) is 36.4 Å². The van der Waals surface area contributed by atoms with Gasteiger partial charge in [0.2, 0.25) is 10.0 Å². The molecule has 7 nitrogen and oxygen atoms in total. The van der Waals surface area contributed by atoms with Crippen molar-refractivity contribution < 1.29 is 13.2 Å². The van der Waals surface area contributed by atoms with Crippen LogP contribution in [0.1, 0.15) is 32.2 Å². The fraction of sp³-hybridized carbons (Fsp3) is 0.333. The van der Waals surface area contributed by atoms with Gasteiger partial charge in [-0.25, -0.2) is 18.1 Å². The van der Waals surface area contributed by atoms with E-state index < -0.39 is 10.0 Å². The van der Waals surface area contributed by atoms with Crippen LogP contribution in [-0.4, -0.2) is 37.3 Å². The van der Waals surface area contributed by atoms with Gasteiger partial charge in [-0.15, -0.1) is 0 Å². The third-order valence-corrected chi connectivity index (χ3v) is 6.04. The lowest BCUT2D eigenvalue weighted by Crippen LogP contribution is -2.26. The van der Waals surface area contributed by atoms with E-state index in [1.165, 1.54) is 0 Å². The lowest BCUT2D eigenvalue weighted by atomic mass is 9.87. The molecule has 29 heavy (non-hydrogen) atoms. The number of sulfonamides is 1. The summed E-state index contributed by atoms with van der Waals surface area (Å²) in [5, 5.41) is 7.05. The number of ether oxygens (including phenoxy) is 1. The first-order valence-electron chi connectivity index (χ1n) is 9.35. The van der Waals surface area contributed by atoms with Crippen LogP contribution >= 0.6 is 0 Å². The van der Waals surface area contributed by atoms with E-state index >= 15 is 0 Å². The zero-order valence-corrected chi connectivity index (χ0v) is 17.9. The zero-order valence-electron chi connectivity index (χ0n) is 17.1. The fourth-order valence-electron chi connectivity index (χ4n) is 2.80. The van der Waals surface area contributed by atoms with Gasteiger partial charge in [-0.3, -0.25) is 5.10 Å². The van der Waals surface area contributed by atoms with Crippen LogP contribution in [0.15, 0.2) is 53.4 Å². The van der Waals surface area contributed by atoms with Gasteiger partial charge in [0, 0.05) is 18.5 Å². The summed E-state index contributed by atoms with van der Waals surface area (Å²) in [5.41, 5.74) is 1.92. The molecule has 0 atom stereocenters. The van der Waals surface area contributed by atoms with Crippen LogP contribution in [0.2, 0.25) is 0 Å². The van der Waals surface area contributed by atoms with Crippen molar-refractivity contribution in [2.45, 2.75) is 37.5 Å². The van der Waals surface area contributed by atoms with Crippen LogP contribution in [0.3, 0.4) is 0 Å². The molecule has 0 unspecified atom stereocenters. The molecule has 0 saturated heterocycles. The number of hydrogen-bond donors (Lipinski definition) is 2. The quantitative estimate of drug-likeness (QED) is 0.618. The average Bonchev–Trinajstić information content (AvgIpc) is 3.16. The predicted octanol–water partition coefficient (Wildman–Crippen LogP) is 3.30. The summed E-state index contributed by atoms with van der Waals surface area (Å²) in [5.74, 6) is 1.93. The van der Waals surface area contributed by atoms with E-state index in [0.717, 1.165) is 16.9 Å². The molecule has 2 aromatic carbocycles. The minimum atomic E-state index is -3.57. The van der Waals surface area contributed by atoms with Gasteiger partial charge < -0.3 is 4.74 Å². The van der Waals surface area contributed by atoms with Gasteiger partial charge in [0.25, 0.3) is 0 Å². The number of nitrogens with one attached hydrogen (secondary N) is 2. The van der Waals surface area contributed by atoms with Gasteiger partial charge >= 0.3 is 0 Å². The monoisotopic (exact) mass is 414 g/mol. The van der Waals surface area contributed by atoms with Gasteiger partial charge in [0.15, 0.2) is 5.82 Å². The molecular weight excluding hydrogens is 388 g/mol. The molecule has 0 aliphatic carbocycles. The lowest BCUT2D eigenvalue weighted by molar-refractivity contribution is 0.415. The number of H-pyrrole nitrogens is 1. The molecule has 0 amide bonds. The highest BCUT2D eigenvalue weighted by Gasteiger charge is 2.17. The first-order valence-corrected chi connectivity index (χ1v) is 10.8. The Morgan fingerprint density at radius 2 is 1.69 bits per heavy atom. The van der Waals surface area contributed by atoms with Crippen molar-refractivity contribution in [2.75, 3.05) is 13.7 Å². The van der Waals surface area contributed by atoms with Crippen LogP contribution in [-0.2, 0) is 21.9 Å². The first-order chi connectivity index (χ1) is 13.7. The number of rotatable bonds is 7. The third-order valence-electron chi connectivity index (χ3n) is 4.56. The lowest BCUT2D eigenvalue weighted by Gasteiger charge is -2.19. The summed E-state index contributed by atoms with van der Waals surface area (Å²) in [6.45, 7) is 6.49. The first kappa shape index (κ1) is 21.0. The van der Waals surface area contributed by atoms with E-state index in [1.54, 1.807) is 19.2 Å². The largest absolute Gasteiger partial charge is 0.497 e. The van der Waals surface area contributed by atoms with Crippen LogP contribution in [0.25, 0.3) is 11.4 Å². The van der Waals surface area contributed by atoms with Gasteiger partial charge in [-0.2, -0.15) is 5.10 Å². The number of benzene rings is 2. The normalized spacial score (nSPS) is 12.1. The average molecular weight is 415 g/mol. The molecule has 0 fully saturated rings. The van der Waals surface area contributed by atoms with Gasteiger partial charge in [-0.1, -0.05) is 32.9 Å². The summed E-state index contributed by atoms with van der Waals surface area (Å²) in [4.78, 5) is 4.68. The van der Waals surface area contributed by atoms with Crippen LogP contribution in [0.4, 0.5) is 0 Å². The van der Waals surface area contributed by atoms with Crippen LogP contribution < -0.4 is 9.46 Å². The van der Waals surface area contributed by atoms with Crippen molar-refractivity contribution in [3.05, 3.63) is 59.9 Å². The summed E-state index contributed by atoms with van der Waals surface area (Å²) in [6, 6.07) is 14.4. The molecule has 0 radical (unpaired) electrons. The minimum Gasteiger partial charge on any atom is -0.497 e. The molecule has 0 spiro atoms. The summed E-state index contributed by atoms with van der Waals surface area (Å²) in [7, 11) is -1.96. The molecule has 0 aliphatic heterocycles. The smallest absolute Gasteiger partial charge is 0.240 e. The van der Waals surface area contributed by atoms with E-state index in [0.29, 0.717) is 18.1 Å². The maximum Gasteiger partial charge on any atom is 0.240 e. The Labute approximate surface area is 171 Å². The second-order valence-electron chi connectivity index (χ2n) is 7.76. The van der Waals surface area contributed by atoms with Crippen molar-refractivity contribution in [3.8, 4) is 17.1 Å². The van der Waals surface area contributed by atoms with E-state index in [4.69, 9.17) is 4.74 Å². The zero-order chi connectivity index (χ0) is 21.1. The highest BCUT2D eigenvalue weighted by Crippen LogP contribution is 2.23. The Morgan fingerprint density at radius 1 is 1.03 bits per heavy atom. The molecule has 0 aliphatic rings. The van der Waals surface area contributed by atoms with Gasteiger partial charge in [-0.05, 0) is 47.4 Å². The number of aromatic nitrogens is 3. The van der Waals surface area contributed by atoms with Crippen molar-refractivity contribution in [1.29, 1.82) is 0 Å². The van der Waals surface area contributed by atoms with Gasteiger partial charge in [0.1, 0.15) is 11.6 Å². The number of nitrogens with zero attached hydrogens (tertiary/aromatic N) is 2. The minimum absolute atomic E-state index is 0.0242. The van der Waals surface area contributed by atoms with E-state index in [9.17, 15) is 8.42 Å². The van der Waals surface area contributed by atoms with Crippen molar-refractivity contribution in [3.63, 3.8) is 0 Å². The maximum atomic E-state index is 12.5. The van der Waals surface area contributed by atoms with Crippen molar-refractivity contribution >= 4 is 10.0 Å². The maximum absolute atomic E-state index is 12.5. The number of aromatic amines is 1. The Hall–Kier alpha value is -2.71. The second kappa shape index (κ2) is 8.34. The SMILES string of the molecule is COc1ccc(-c2n[nH]c(CCNS(=O)(=O)c3ccc(C(C)(C)C)cc3)n2)cc1. The Morgan fingerprint density at radius 3 is 2.28 bits per heavy atom. The summed E-state index contributed by atoms with van der Waals surface area (Å²) >= 11 is 0. The Kier molecular flexibility index (Phi) is 6.04. The molecule has 3 aromatic rings. The third kappa shape index (κ3) is 5.21. The molecule has 3 rings (SSSR count). The van der Waals surface area contributed by atoms with E-state index in [2.05, 4.69) is 40.7 Å². The molecular formula is C21H26N4O3S. The fourth-order valence-corrected chi connectivity index (χ4v) is 3.83. The predicted molar refractivity (Wildman–Crippen MR) is 112 cm³/mol. The molecule has 154 valence electrons. The molecule has 0 bridgehead atoms. The standard InChI is InChI=1S/C21H26N4O3S/c1-21(2,3)16-7-11-18(12-8-16)29(26,27)22-14-13-19-23-20(25-24-19)15-5-9-17(28-4)10-6-15/h5-12,22H,13-14H2,1-4H3,(H,23,24,25). The molecule has 1 heterocycles.